The van der Waals surface area contributed by atoms with E-state index in [0.29, 0.717) is 0 Å². The fraction of sp³-hybridized carbons (Fsp3) is 0.625. The van der Waals surface area contributed by atoms with Gasteiger partial charge in [0.25, 0.3) is 0 Å². The van der Waals surface area contributed by atoms with Gasteiger partial charge in [-0.05, 0) is 50.4 Å². The van der Waals surface area contributed by atoms with E-state index < -0.39 is 0 Å². The molecule has 0 aromatic heterocycles. The van der Waals surface area contributed by atoms with Gasteiger partial charge in [0.15, 0.2) is 0 Å². The van der Waals surface area contributed by atoms with E-state index in [1.165, 1.54) is 12.8 Å². The lowest BCUT2D eigenvalue weighted by Crippen LogP contribution is -2.31. The molecule has 112 valence electrons. The van der Waals surface area contributed by atoms with Gasteiger partial charge in [0.1, 0.15) is 0 Å². The molecular formula is C16H25ClN2O. The normalized spacial score (nSPS) is 18.4. The average molecular weight is 297 g/mol. The number of nitrogens with zero attached hydrogens (tertiary/aromatic N) is 1. The Morgan fingerprint density at radius 2 is 2.05 bits per heavy atom. The predicted molar refractivity (Wildman–Crippen MR) is 84.0 cm³/mol. The maximum atomic E-state index is 6.25. The van der Waals surface area contributed by atoms with Gasteiger partial charge >= 0.3 is 0 Å². The van der Waals surface area contributed by atoms with E-state index in [1.54, 1.807) is 0 Å². The molecule has 1 fully saturated rings. The molecule has 4 heteroatoms. The van der Waals surface area contributed by atoms with Gasteiger partial charge in [0.2, 0.25) is 0 Å². The molecule has 0 aliphatic carbocycles. The van der Waals surface area contributed by atoms with Crippen LogP contribution in [-0.4, -0.2) is 38.3 Å². The summed E-state index contributed by atoms with van der Waals surface area (Å²) < 4.78 is 5.40. The molecule has 1 aliphatic heterocycles. The number of hydrogen-bond donors (Lipinski definition) is 1. The van der Waals surface area contributed by atoms with Crippen molar-refractivity contribution in [3.63, 3.8) is 0 Å². The van der Waals surface area contributed by atoms with E-state index in [2.05, 4.69) is 11.9 Å². The summed E-state index contributed by atoms with van der Waals surface area (Å²) in [6, 6.07) is 7.87. The molecule has 1 aliphatic rings. The SMILES string of the molecule is CN(CCC(N)c1ccccc1Cl)CC1CCOCC1. The minimum Gasteiger partial charge on any atom is -0.381 e. The van der Waals surface area contributed by atoms with Crippen molar-refractivity contribution in [1.82, 2.24) is 4.90 Å². The Labute approximate surface area is 127 Å². The molecule has 3 nitrogen and oxygen atoms in total. The van der Waals surface area contributed by atoms with E-state index in [9.17, 15) is 0 Å². The Kier molecular flexibility index (Phi) is 6.30. The second kappa shape index (κ2) is 7.99. The van der Waals surface area contributed by atoms with Crippen LogP contribution >= 0.6 is 11.6 Å². The van der Waals surface area contributed by atoms with Gasteiger partial charge in [0.05, 0.1) is 0 Å². The largest absolute Gasteiger partial charge is 0.381 e. The zero-order valence-corrected chi connectivity index (χ0v) is 13.0. The minimum absolute atomic E-state index is 0.0147. The molecule has 0 spiro atoms. The number of benzene rings is 1. The third-order valence-corrected chi connectivity index (χ3v) is 4.38. The van der Waals surface area contributed by atoms with E-state index in [1.807, 2.05) is 24.3 Å². The summed E-state index contributed by atoms with van der Waals surface area (Å²) in [5, 5.41) is 0.770. The van der Waals surface area contributed by atoms with E-state index in [-0.39, 0.29) is 6.04 Å². The lowest BCUT2D eigenvalue weighted by Gasteiger charge is -2.27. The molecule has 1 saturated heterocycles. The smallest absolute Gasteiger partial charge is 0.0469 e. The van der Waals surface area contributed by atoms with Crippen LogP contribution in [0.3, 0.4) is 0 Å². The molecule has 0 radical (unpaired) electrons. The van der Waals surface area contributed by atoms with E-state index in [0.717, 1.165) is 49.2 Å². The molecule has 1 unspecified atom stereocenters. The minimum atomic E-state index is 0.0147. The van der Waals surface area contributed by atoms with Gasteiger partial charge in [-0.15, -0.1) is 0 Å². The Hall–Kier alpha value is -0.610. The van der Waals surface area contributed by atoms with Crippen LogP contribution in [0.4, 0.5) is 0 Å². The summed E-state index contributed by atoms with van der Waals surface area (Å²) in [4.78, 5) is 2.38. The maximum Gasteiger partial charge on any atom is 0.0469 e. The van der Waals surface area contributed by atoms with Crippen molar-refractivity contribution < 1.29 is 4.74 Å². The molecule has 0 saturated carbocycles. The first kappa shape index (κ1) is 15.8. The van der Waals surface area contributed by atoms with E-state index in [4.69, 9.17) is 22.1 Å². The summed E-state index contributed by atoms with van der Waals surface area (Å²) in [6.07, 6.45) is 3.30. The molecule has 2 N–H and O–H groups in total. The predicted octanol–water partition coefficient (Wildman–Crippen LogP) is 3.09. The fourth-order valence-corrected chi connectivity index (χ4v) is 3.03. The van der Waals surface area contributed by atoms with Crippen molar-refractivity contribution in [2.75, 3.05) is 33.4 Å². The van der Waals surface area contributed by atoms with Crippen molar-refractivity contribution in [3.8, 4) is 0 Å². The van der Waals surface area contributed by atoms with Crippen LogP contribution in [0.25, 0.3) is 0 Å². The molecule has 1 atom stereocenters. The Balaban J connectivity index is 1.75. The Morgan fingerprint density at radius 1 is 1.35 bits per heavy atom. The van der Waals surface area contributed by atoms with Crippen LogP contribution in [0.1, 0.15) is 30.9 Å². The molecule has 2 rings (SSSR count). The molecule has 0 amide bonds. The number of halogens is 1. The quantitative estimate of drug-likeness (QED) is 0.877. The van der Waals surface area contributed by atoms with Crippen LogP contribution in [0.2, 0.25) is 5.02 Å². The molecule has 1 aromatic rings. The van der Waals surface area contributed by atoms with Crippen LogP contribution in [0.5, 0.6) is 0 Å². The van der Waals surface area contributed by atoms with Gasteiger partial charge in [0, 0.05) is 30.8 Å². The summed E-state index contributed by atoms with van der Waals surface area (Å²) in [5.74, 6) is 0.769. The summed E-state index contributed by atoms with van der Waals surface area (Å²) in [6.45, 7) is 3.97. The molecular weight excluding hydrogens is 272 g/mol. The lowest BCUT2D eigenvalue weighted by atomic mass is 9.99. The molecule has 1 aromatic carbocycles. The first-order valence-electron chi connectivity index (χ1n) is 7.43. The van der Waals surface area contributed by atoms with Gasteiger partial charge in [-0.25, -0.2) is 0 Å². The Morgan fingerprint density at radius 3 is 2.75 bits per heavy atom. The highest BCUT2D eigenvalue weighted by Gasteiger charge is 2.16. The third kappa shape index (κ3) is 4.74. The van der Waals surface area contributed by atoms with Crippen molar-refractivity contribution in [2.45, 2.75) is 25.3 Å². The van der Waals surface area contributed by atoms with Gasteiger partial charge in [-0.1, -0.05) is 29.8 Å². The summed E-state index contributed by atoms with van der Waals surface area (Å²) in [7, 11) is 2.18. The average Bonchev–Trinajstić information content (AvgIpc) is 2.46. The van der Waals surface area contributed by atoms with Gasteiger partial charge in [-0.3, -0.25) is 0 Å². The number of hydrogen-bond acceptors (Lipinski definition) is 3. The molecule has 1 heterocycles. The van der Waals surface area contributed by atoms with Crippen LogP contribution in [0, 0.1) is 5.92 Å². The first-order valence-corrected chi connectivity index (χ1v) is 7.81. The standard InChI is InChI=1S/C16H25ClN2O/c1-19(12-13-7-10-20-11-8-13)9-6-16(18)14-4-2-3-5-15(14)17/h2-5,13,16H,6-12,18H2,1H3. The van der Waals surface area contributed by atoms with Gasteiger partial charge in [-0.2, -0.15) is 0 Å². The Bertz CT molecular complexity index is 407. The van der Waals surface area contributed by atoms with Gasteiger partial charge < -0.3 is 15.4 Å². The number of nitrogens with two attached hydrogens (primary N) is 1. The first-order chi connectivity index (χ1) is 9.66. The molecule has 20 heavy (non-hydrogen) atoms. The second-order valence-corrected chi connectivity index (χ2v) is 6.14. The highest BCUT2D eigenvalue weighted by molar-refractivity contribution is 6.31. The lowest BCUT2D eigenvalue weighted by molar-refractivity contribution is 0.0554. The highest BCUT2D eigenvalue weighted by atomic mass is 35.5. The van der Waals surface area contributed by atoms with Crippen molar-refractivity contribution >= 4 is 11.6 Å². The topological polar surface area (TPSA) is 38.5 Å². The summed E-state index contributed by atoms with van der Waals surface area (Å²) >= 11 is 6.18. The second-order valence-electron chi connectivity index (χ2n) is 5.73. The van der Waals surface area contributed by atoms with Crippen LogP contribution in [0.15, 0.2) is 24.3 Å². The number of ether oxygens (including phenoxy) is 1. The van der Waals surface area contributed by atoms with Crippen molar-refractivity contribution in [2.24, 2.45) is 11.7 Å². The molecule has 0 bridgehead atoms. The van der Waals surface area contributed by atoms with Crippen LogP contribution in [-0.2, 0) is 4.74 Å². The maximum absolute atomic E-state index is 6.25. The third-order valence-electron chi connectivity index (χ3n) is 4.04. The number of rotatable bonds is 6. The monoisotopic (exact) mass is 296 g/mol. The highest BCUT2D eigenvalue weighted by Crippen LogP contribution is 2.23. The zero-order chi connectivity index (χ0) is 14.4. The van der Waals surface area contributed by atoms with Crippen molar-refractivity contribution in [3.05, 3.63) is 34.9 Å². The van der Waals surface area contributed by atoms with Crippen molar-refractivity contribution in [1.29, 1.82) is 0 Å². The fourth-order valence-electron chi connectivity index (χ4n) is 2.75. The van der Waals surface area contributed by atoms with Crippen LogP contribution < -0.4 is 5.73 Å². The summed E-state index contributed by atoms with van der Waals surface area (Å²) in [5.41, 5.74) is 7.30. The zero-order valence-electron chi connectivity index (χ0n) is 12.2. The van der Waals surface area contributed by atoms with E-state index >= 15 is 0 Å².